The molecule has 3 rings (SSSR count). The molecule has 0 atom stereocenters. The van der Waals surface area contributed by atoms with Crippen molar-refractivity contribution in [2.75, 3.05) is 25.1 Å². The van der Waals surface area contributed by atoms with E-state index in [1.165, 1.54) is 0 Å². The molecule has 5 heteroatoms. The van der Waals surface area contributed by atoms with E-state index in [-0.39, 0.29) is 0 Å². The van der Waals surface area contributed by atoms with Crippen LogP contribution < -0.4 is 5.32 Å². The first kappa shape index (κ1) is 17.0. The number of hydrogen-bond donors (Lipinski definition) is 1. The summed E-state index contributed by atoms with van der Waals surface area (Å²) in [7, 11) is 0. The molecule has 3 aromatic rings. The van der Waals surface area contributed by atoms with E-state index in [1.54, 1.807) is 0 Å². The van der Waals surface area contributed by atoms with Gasteiger partial charge in [0.2, 0.25) is 5.95 Å². The zero-order valence-corrected chi connectivity index (χ0v) is 14.4. The van der Waals surface area contributed by atoms with E-state index in [9.17, 15) is 0 Å². The number of aromatic nitrogens is 3. The summed E-state index contributed by atoms with van der Waals surface area (Å²) in [5, 5.41) is 11.9. The first-order valence-corrected chi connectivity index (χ1v) is 8.55. The summed E-state index contributed by atoms with van der Waals surface area (Å²) >= 11 is 0. The Morgan fingerprint density at radius 1 is 0.840 bits per heavy atom. The summed E-state index contributed by atoms with van der Waals surface area (Å²) in [4.78, 5) is 4.71. The van der Waals surface area contributed by atoms with Gasteiger partial charge in [-0.2, -0.15) is 0 Å². The quantitative estimate of drug-likeness (QED) is 0.630. The van der Waals surface area contributed by atoms with Crippen LogP contribution in [0.25, 0.3) is 22.5 Å². The van der Waals surface area contributed by atoms with Crippen molar-refractivity contribution >= 4 is 5.95 Å². The molecule has 0 unspecified atom stereocenters. The van der Waals surface area contributed by atoms with E-state index in [2.05, 4.69) is 15.5 Å². The fourth-order valence-electron chi connectivity index (χ4n) is 2.51. The Morgan fingerprint density at radius 3 is 2.12 bits per heavy atom. The minimum Gasteiger partial charge on any atom is -0.382 e. The third kappa shape index (κ3) is 4.61. The Morgan fingerprint density at radius 2 is 1.48 bits per heavy atom. The highest BCUT2D eigenvalue weighted by molar-refractivity contribution is 5.77. The molecule has 2 aromatic carbocycles. The van der Waals surface area contributed by atoms with Crippen LogP contribution in [-0.2, 0) is 4.74 Å². The summed E-state index contributed by atoms with van der Waals surface area (Å²) in [6, 6.07) is 20.1. The van der Waals surface area contributed by atoms with Gasteiger partial charge in [-0.05, 0) is 13.3 Å². The Kier molecular flexibility index (Phi) is 6.06. The number of rotatable bonds is 8. The topological polar surface area (TPSA) is 59.9 Å². The van der Waals surface area contributed by atoms with Crippen LogP contribution in [0.3, 0.4) is 0 Å². The van der Waals surface area contributed by atoms with E-state index in [0.29, 0.717) is 5.95 Å². The molecule has 0 fully saturated rings. The first-order chi connectivity index (χ1) is 12.4. The van der Waals surface area contributed by atoms with E-state index >= 15 is 0 Å². The second-order valence-corrected chi connectivity index (χ2v) is 5.54. The maximum Gasteiger partial charge on any atom is 0.243 e. The van der Waals surface area contributed by atoms with Crippen LogP contribution in [0.15, 0.2) is 60.7 Å². The average molecular weight is 334 g/mol. The predicted molar refractivity (Wildman–Crippen MR) is 100 cm³/mol. The van der Waals surface area contributed by atoms with Crippen molar-refractivity contribution in [1.29, 1.82) is 0 Å². The minimum atomic E-state index is 0.537. The molecule has 0 saturated heterocycles. The Labute approximate surface area is 148 Å². The van der Waals surface area contributed by atoms with Gasteiger partial charge in [-0.1, -0.05) is 60.7 Å². The van der Waals surface area contributed by atoms with E-state index in [4.69, 9.17) is 9.72 Å². The summed E-state index contributed by atoms with van der Waals surface area (Å²) in [5.74, 6) is 0.537. The number of hydrogen-bond acceptors (Lipinski definition) is 5. The number of nitrogens with one attached hydrogen (secondary N) is 1. The lowest BCUT2D eigenvalue weighted by atomic mass is 10.0. The SMILES string of the molecule is CCOCCCNc1nnc(-c2ccccc2)c(-c2ccccc2)n1. The van der Waals surface area contributed by atoms with Crippen molar-refractivity contribution < 1.29 is 4.74 Å². The Bertz CT molecular complexity index is 778. The zero-order chi connectivity index (χ0) is 17.3. The van der Waals surface area contributed by atoms with Crippen molar-refractivity contribution in [3.05, 3.63) is 60.7 Å². The van der Waals surface area contributed by atoms with Gasteiger partial charge in [-0.25, -0.2) is 4.98 Å². The van der Waals surface area contributed by atoms with Gasteiger partial charge in [0, 0.05) is 30.9 Å². The summed E-state index contributed by atoms with van der Waals surface area (Å²) in [6.07, 6.45) is 0.901. The number of anilines is 1. The van der Waals surface area contributed by atoms with Crippen molar-refractivity contribution in [2.24, 2.45) is 0 Å². The zero-order valence-electron chi connectivity index (χ0n) is 14.4. The van der Waals surface area contributed by atoms with Gasteiger partial charge in [-0.3, -0.25) is 0 Å². The smallest absolute Gasteiger partial charge is 0.243 e. The van der Waals surface area contributed by atoms with Crippen molar-refractivity contribution in [1.82, 2.24) is 15.2 Å². The molecule has 1 aromatic heterocycles. The van der Waals surface area contributed by atoms with Crippen LogP contribution in [0.4, 0.5) is 5.95 Å². The lowest BCUT2D eigenvalue weighted by Crippen LogP contribution is -2.10. The molecule has 0 amide bonds. The highest BCUT2D eigenvalue weighted by Gasteiger charge is 2.13. The largest absolute Gasteiger partial charge is 0.382 e. The fraction of sp³-hybridized carbons (Fsp3) is 0.250. The second-order valence-electron chi connectivity index (χ2n) is 5.54. The Balaban J connectivity index is 1.86. The summed E-state index contributed by atoms with van der Waals surface area (Å²) in [6.45, 7) is 4.21. The average Bonchev–Trinajstić information content (AvgIpc) is 2.69. The first-order valence-electron chi connectivity index (χ1n) is 8.55. The molecule has 0 spiro atoms. The van der Waals surface area contributed by atoms with E-state index in [0.717, 1.165) is 48.7 Å². The molecule has 128 valence electrons. The maximum absolute atomic E-state index is 5.34. The Hall–Kier alpha value is -2.79. The number of nitrogens with zero attached hydrogens (tertiary/aromatic N) is 3. The molecule has 1 N–H and O–H groups in total. The maximum atomic E-state index is 5.34. The van der Waals surface area contributed by atoms with Gasteiger partial charge in [-0.15, -0.1) is 10.2 Å². The summed E-state index contributed by atoms with van der Waals surface area (Å²) < 4.78 is 5.34. The normalized spacial score (nSPS) is 10.6. The highest BCUT2D eigenvalue weighted by atomic mass is 16.5. The van der Waals surface area contributed by atoms with Crippen molar-refractivity contribution in [3.63, 3.8) is 0 Å². The van der Waals surface area contributed by atoms with E-state index in [1.807, 2.05) is 67.6 Å². The van der Waals surface area contributed by atoms with E-state index < -0.39 is 0 Å². The minimum absolute atomic E-state index is 0.537. The molecule has 0 radical (unpaired) electrons. The number of benzene rings is 2. The molecule has 25 heavy (non-hydrogen) atoms. The van der Waals surface area contributed by atoms with Gasteiger partial charge in [0.25, 0.3) is 0 Å². The van der Waals surface area contributed by atoms with Crippen molar-refractivity contribution in [2.45, 2.75) is 13.3 Å². The molecule has 0 saturated carbocycles. The fourth-order valence-corrected chi connectivity index (χ4v) is 2.51. The lowest BCUT2D eigenvalue weighted by Gasteiger charge is -2.10. The van der Waals surface area contributed by atoms with Gasteiger partial charge >= 0.3 is 0 Å². The monoisotopic (exact) mass is 334 g/mol. The van der Waals surface area contributed by atoms with Crippen LogP contribution in [0.2, 0.25) is 0 Å². The van der Waals surface area contributed by atoms with Crippen LogP contribution in [0.5, 0.6) is 0 Å². The molecular formula is C20H22N4O. The second kappa shape index (κ2) is 8.89. The molecule has 0 aliphatic rings. The van der Waals surface area contributed by atoms with Gasteiger partial charge in [0.05, 0.1) is 0 Å². The third-order valence-corrected chi connectivity index (χ3v) is 3.73. The third-order valence-electron chi connectivity index (χ3n) is 3.73. The predicted octanol–water partition coefficient (Wildman–Crippen LogP) is 4.04. The molecule has 0 aliphatic carbocycles. The van der Waals surface area contributed by atoms with Crippen LogP contribution in [-0.4, -0.2) is 34.9 Å². The van der Waals surface area contributed by atoms with Gasteiger partial charge in [0.1, 0.15) is 11.4 Å². The summed E-state index contributed by atoms with van der Waals surface area (Å²) in [5.41, 5.74) is 3.64. The number of ether oxygens (including phenoxy) is 1. The molecule has 1 heterocycles. The standard InChI is InChI=1S/C20H22N4O/c1-2-25-15-9-14-21-20-22-18(16-10-5-3-6-11-16)19(23-24-20)17-12-7-4-8-13-17/h3-8,10-13H,2,9,14-15H2,1H3,(H,21,22,24). The molecule has 0 bridgehead atoms. The van der Waals surface area contributed by atoms with Crippen molar-refractivity contribution in [3.8, 4) is 22.5 Å². The van der Waals surface area contributed by atoms with Gasteiger partial charge in [0.15, 0.2) is 0 Å². The van der Waals surface area contributed by atoms with Gasteiger partial charge < -0.3 is 10.1 Å². The molecule has 5 nitrogen and oxygen atoms in total. The highest BCUT2D eigenvalue weighted by Crippen LogP contribution is 2.28. The van der Waals surface area contributed by atoms with Crippen LogP contribution in [0.1, 0.15) is 13.3 Å². The lowest BCUT2D eigenvalue weighted by molar-refractivity contribution is 0.147. The molecule has 0 aliphatic heterocycles. The van der Waals surface area contributed by atoms with Crippen LogP contribution in [0, 0.1) is 0 Å². The van der Waals surface area contributed by atoms with Crippen LogP contribution >= 0.6 is 0 Å². The molecular weight excluding hydrogens is 312 g/mol.